The van der Waals surface area contributed by atoms with Crippen molar-refractivity contribution >= 4 is 27.3 Å². The van der Waals surface area contributed by atoms with Crippen molar-refractivity contribution in [3.8, 4) is 0 Å². The molecule has 0 saturated heterocycles. The summed E-state index contributed by atoms with van der Waals surface area (Å²) in [5.41, 5.74) is 2.94. The van der Waals surface area contributed by atoms with Gasteiger partial charge in [-0.3, -0.25) is 4.79 Å². The lowest BCUT2D eigenvalue weighted by molar-refractivity contribution is 0.635. The SMILES string of the molecule is NNc1snnc1Cn1ncc2ccccc2c1=O. The van der Waals surface area contributed by atoms with E-state index in [0.29, 0.717) is 16.1 Å². The number of aromatic nitrogens is 4. The molecule has 0 saturated carbocycles. The van der Waals surface area contributed by atoms with Crippen LogP contribution in [0, 0.1) is 0 Å². The largest absolute Gasteiger partial charge is 0.313 e. The van der Waals surface area contributed by atoms with Gasteiger partial charge in [-0.05, 0) is 6.07 Å². The van der Waals surface area contributed by atoms with Crippen molar-refractivity contribution in [2.24, 2.45) is 5.84 Å². The number of fused-ring (bicyclic) bond motifs is 1. The number of nitrogens with zero attached hydrogens (tertiary/aromatic N) is 4. The Morgan fingerprint density at radius 3 is 3.05 bits per heavy atom. The van der Waals surface area contributed by atoms with Crippen LogP contribution in [0.5, 0.6) is 0 Å². The Labute approximate surface area is 111 Å². The third kappa shape index (κ3) is 2.07. The van der Waals surface area contributed by atoms with Gasteiger partial charge < -0.3 is 5.43 Å². The molecule has 0 radical (unpaired) electrons. The highest BCUT2D eigenvalue weighted by Crippen LogP contribution is 2.16. The highest BCUT2D eigenvalue weighted by molar-refractivity contribution is 7.10. The number of nitrogens with two attached hydrogens (primary N) is 1. The zero-order chi connectivity index (χ0) is 13.2. The Morgan fingerprint density at radius 2 is 2.21 bits per heavy atom. The number of anilines is 1. The number of hydrazine groups is 1. The Kier molecular flexibility index (Phi) is 2.94. The van der Waals surface area contributed by atoms with Crippen molar-refractivity contribution in [2.45, 2.75) is 6.54 Å². The molecule has 2 aromatic heterocycles. The highest BCUT2D eigenvalue weighted by atomic mass is 32.1. The second-order valence-electron chi connectivity index (χ2n) is 3.89. The molecule has 7 nitrogen and oxygen atoms in total. The molecular weight excluding hydrogens is 264 g/mol. The molecule has 0 aliphatic rings. The lowest BCUT2D eigenvalue weighted by atomic mass is 10.2. The second kappa shape index (κ2) is 4.75. The summed E-state index contributed by atoms with van der Waals surface area (Å²) in [5, 5.41) is 10.1. The van der Waals surface area contributed by atoms with Crippen LogP contribution < -0.4 is 16.8 Å². The Balaban J connectivity index is 2.07. The lowest BCUT2D eigenvalue weighted by Crippen LogP contribution is -2.24. The highest BCUT2D eigenvalue weighted by Gasteiger charge is 2.10. The third-order valence-electron chi connectivity index (χ3n) is 2.75. The Morgan fingerprint density at radius 1 is 1.37 bits per heavy atom. The molecule has 0 aliphatic carbocycles. The summed E-state index contributed by atoms with van der Waals surface area (Å²) in [6, 6.07) is 7.32. The molecule has 0 bridgehead atoms. The summed E-state index contributed by atoms with van der Waals surface area (Å²) in [5.74, 6) is 5.35. The molecule has 2 heterocycles. The van der Waals surface area contributed by atoms with Gasteiger partial charge in [0.1, 0.15) is 10.7 Å². The average molecular weight is 274 g/mol. The summed E-state index contributed by atoms with van der Waals surface area (Å²) in [6.45, 7) is 0.236. The van der Waals surface area contributed by atoms with E-state index in [1.165, 1.54) is 4.68 Å². The summed E-state index contributed by atoms with van der Waals surface area (Å²) in [6.07, 6.45) is 1.66. The average Bonchev–Trinajstić information content (AvgIpc) is 2.89. The van der Waals surface area contributed by atoms with Crippen molar-refractivity contribution in [2.75, 3.05) is 5.43 Å². The van der Waals surface area contributed by atoms with Gasteiger partial charge in [0.2, 0.25) is 0 Å². The molecule has 3 rings (SSSR count). The van der Waals surface area contributed by atoms with E-state index in [0.717, 1.165) is 16.9 Å². The molecule has 0 fully saturated rings. The number of rotatable bonds is 3. The Bertz CT molecular complexity index is 780. The normalized spacial score (nSPS) is 10.8. The lowest BCUT2D eigenvalue weighted by Gasteiger charge is -2.04. The fraction of sp³-hybridized carbons (Fsp3) is 0.0909. The van der Waals surface area contributed by atoms with E-state index >= 15 is 0 Å². The summed E-state index contributed by atoms with van der Waals surface area (Å²) in [4.78, 5) is 12.3. The summed E-state index contributed by atoms with van der Waals surface area (Å²) in [7, 11) is 0. The van der Waals surface area contributed by atoms with Gasteiger partial charge >= 0.3 is 0 Å². The van der Waals surface area contributed by atoms with Crippen LogP contribution in [0.4, 0.5) is 5.00 Å². The molecule has 0 spiro atoms. The maximum atomic E-state index is 12.3. The van der Waals surface area contributed by atoms with Gasteiger partial charge in [0, 0.05) is 16.9 Å². The smallest absolute Gasteiger partial charge is 0.274 e. The van der Waals surface area contributed by atoms with Crippen molar-refractivity contribution in [1.29, 1.82) is 0 Å². The standard InChI is InChI=1S/C11H10N6OS/c12-14-10-9(15-16-19-10)6-17-11(18)8-4-2-1-3-7(8)5-13-17/h1-5,14H,6,12H2. The fourth-order valence-electron chi connectivity index (χ4n) is 1.80. The van der Waals surface area contributed by atoms with Gasteiger partial charge in [-0.25, -0.2) is 10.5 Å². The van der Waals surface area contributed by atoms with Gasteiger partial charge in [-0.1, -0.05) is 22.7 Å². The molecule has 0 aliphatic heterocycles. The molecule has 96 valence electrons. The predicted molar refractivity (Wildman–Crippen MR) is 72.8 cm³/mol. The number of nitrogen functional groups attached to an aromatic ring is 1. The first-order valence-electron chi connectivity index (χ1n) is 5.52. The van der Waals surface area contributed by atoms with Crippen molar-refractivity contribution in [3.63, 3.8) is 0 Å². The van der Waals surface area contributed by atoms with E-state index in [9.17, 15) is 4.79 Å². The first kappa shape index (κ1) is 11.8. The van der Waals surface area contributed by atoms with Crippen LogP contribution in [0.3, 0.4) is 0 Å². The van der Waals surface area contributed by atoms with E-state index in [1.54, 1.807) is 12.3 Å². The van der Waals surface area contributed by atoms with Gasteiger partial charge in [0.25, 0.3) is 5.56 Å². The third-order valence-corrected chi connectivity index (χ3v) is 3.45. The van der Waals surface area contributed by atoms with Crippen LogP contribution >= 0.6 is 11.5 Å². The van der Waals surface area contributed by atoms with Gasteiger partial charge in [0.15, 0.2) is 0 Å². The van der Waals surface area contributed by atoms with Crippen LogP contribution in [0.25, 0.3) is 10.8 Å². The predicted octanol–water partition coefficient (Wildman–Crippen LogP) is 0.582. The quantitative estimate of drug-likeness (QED) is 0.535. The number of hydrogen-bond donors (Lipinski definition) is 2. The molecule has 8 heteroatoms. The van der Waals surface area contributed by atoms with Crippen LogP contribution in [-0.2, 0) is 6.54 Å². The molecule has 0 atom stereocenters. The van der Waals surface area contributed by atoms with Gasteiger partial charge in [-0.15, -0.1) is 5.10 Å². The molecule has 1 aromatic carbocycles. The number of hydrogen-bond acceptors (Lipinski definition) is 7. The first-order chi connectivity index (χ1) is 9.29. The summed E-state index contributed by atoms with van der Waals surface area (Å²) >= 11 is 1.14. The molecular formula is C11H10N6OS. The minimum absolute atomic E-state index is 0.158. The fourth-order valence-corrected chi connectivity index (χ4v) is 2.29. The monoisotopic (exact) mass is 274 g/mol. The van der Waals surface area contributed by atoms with Gasteiger partial charge in [0.05, 0.1) is 18.1 Å². The maximum Gasteiger partial charge on any atom is 0.274 e. The second-order valence-corrected chi connectivity index (χ2v) is 4.64. The van der Waals surface area contributed by atoms with Gasteiger partial charge in [-0.2, -0.15) is 5.10 Å². The minimum Gasteiger partial charge on any atom is -0.313 e. The maximum absolute atomic E-state index is 12.3. The summed E-state index contributed by atoms with van der Waals surface area (Å²) < 4.78 is 5.13. The number of nitrogens with one attached hydrogen (secondary N) is 1. The van der Waals surface area contributed by atoms with Crippen molar-refractivity contribution in [3.05, 3.63) is 46.5 Å². The van der Waals surface area contributed by atoms with E-state index in [1.807, 2.05) is 18.2 Å². The van der Waals surface area contributed by atoms with Crippen molar-refractivity contribution in [1.82, 2.24) is 19.4 Å². The topological polar surface area (TPSA) is 98.7 Å². The zero-order valence-corrected chi connectivity index (χ0v) is 10.6. The molecule has 0 unspecified atom stereocenters. The van der Waals surface area contributed by atoms with Crippen molar-refractivity contribution < 1.29 is 0 Å². The molecule has 0 amide bonds. The van der Waals surface area contributed by atoms with Crippen LogP contribution in [-0.4, -0.2) is 19.4 Å². The molecule has 3 aromatic rings. The molecule has 19 heavy (non-hydrogen) atoms. The number of benzene rings is 1. The van der Waals surface area contributed by atoms with E-state index in [4.69, 9.17) is 5.84 Å². The van der Waals surface area contributed by atoms with Crippen LogP contribution in [0.1, 0.15) is 5.69 Å². The Hall–Kier alpha value is -2.32. The zero-order valence-electron chi connectivity index (χ0n) is 9.78. The molecule has 3 N–H and O–H groups in total. The minimum atomic E-state index is -0.158. The van der Waals surface area contributed by atoms with Crippen LogP contribution in [0.15, 0.2) is 35.3 Å². The van der Waals surface area contributed by atoms with E-state index < -0.39 is 0 Å². The van der Waals surface area contributed by atoms with E-state index in [-0.39, 0.29) is 12.1 Å². The first-order valence-corrected chi connectivity index (χ1v) is 6.29. The van der Waals surface area contributed by atoms with Crippen LogP contribution in [0.2, 0.25) is 0 Å². The van der Waals surface area contributed by atoms with E-state index in [2.05, 4.69) is 20.1 Å².